The molecule has 0 spiro atoms. The Labute approximate surface area is 133 Å². The van der Waals surface area contributed by atoms with Crippen LogP contribution >= 0.6 is 0 Å². The van der Waals surface area contributed by atoms with Crippen molar-refractivity contribution in [2.24, 2.45) is 5.92 Å². The molecule has 0 bridgehead atoms. The van der Waals surface area contributed by atoms with Crippen molar-refractivity contribution >= 4 is 6.03 Å². The van der Waals surface area contributed by atoms with Gasteiger partial charge in [-0.3, -0.25) is 0 Å². The Kier molecular flexibility index (Phi) is 6.72. The van der Waals surface area contributed by atoms with Crippen LogP contribution in [0.2, 0.25) is 0 Å². The number of carbonyl (C=O) groups is 1. The van der Waals surface area contributed by atoms with E-state index in [0.29, 0.717) is 18.4 Å². The minimum absolute atomic E-state index is 0.0760. The van der Waals surface area contributed by atoms with E-state index < -0.39 is 0 Å². The fourth-order valence-electron chi connectivity index (χ4n) is 3.12. The number of carbonyl (C=O) groups excluding carboxylic acids is 1. The summed E-state index contributed by atoms with van der Waals surface area (Å²) < 4.78 is 0. The molecule has 2 rings (SSSR count). The van der Waals surface area contributed by atoms with Gasteiger partial charge in [0, 0.05) is 19.2 Å². The van der Waals surface area contributed by atoms with Crippen molar-refractivity contribution in [1.29, 1.82) is 0 Å². The minimum Gasteiger partial charge on any atom is -0.396 e. The Morgan fingerprint density at radius 2 is 1.91 bits per heavy atom. The highest BCUT2D eigenvalue weighted by Crippen LogP contribution is 2.32. The molecular formula is C18H28N2O2. The predicted octanol–water partition coefficient (Wildman–Crippen LogP) is 3.03. The topological polar surface area (TPSA) is 61.4 Å². The van der Waals surface area contributed by atoms with Crippen molar-refractivity contribution in [1.82, 2.24) is 10.6 Å². The van der Waals surface area contributed by atoms with Crippen LogP contribution < -0.4 is 10.6 Å². The van der Waals surface area contributed by atoms with Crippen molar-refractivity contribution in [3.63, 3.8) is 0 Å². The van der Waals surface area contributed by atoms with Gasteiger partial charge in [-0.2, -0.15) is 0 Å². The summed E-state index contributed by atoms with van der Waals surface area (Å²) >= 11 is 0. The van der Waals surface area contributed by atoms with Crippen LogP contribution in [0.5, 0.6) is 0 Å². The first-order valence-electron chi connectivity index (χ1n) is 8.39. The molecule has 1 unspecified atom stereocenters. The van der Waals surface area contributed by atoms with E-state index in [1.165, 1.54) is 5.56 Å². The second kappa shape index (κ2) is 8.79. The molecule has 122 valence electrons. The number of aliphatic hydroxyl groups excluding tert-OH is 1. The third kappa shape index (κ3) is 5.34. The summed E-state index contributed by atoms with van der Waals surface area (Å²) in [5, 5.41) is 14.8. The number of urea groups is 1. The van der Waals surface area contributed by atoms with Crippen LogP contribution in [0.25, 0.3) is 0 Å². The van der Waals surface area contributed by atoms with Gasteiger partial charge >= 0.3 is 6.03 Å². The minimum atomic E-state index is -0.0760. The van der Waals surface area contributed by atoms with Crippen LogP contribution in [0.4, 0.5) is 4.79 Å². The van der Waals surface area contributed by atoms with Gasteiger partial charge < -0.3 is 15.7 Å². The van der Waals surface area contributed by atoms with Crippen molar-refractivity contribution in [3.8, 4) is 0 Å². The van der Waals surface area contributed by atoms with Crippen LogP contribution in [0, 0.1) is 5.92 Å². The van der Waals surface area contributed by atoms with Gasteiger partial charge in [0.2, 0.25) is 0 Å². The highest BCUT2D eigenvalue weighted by atomic mass is 16.3. The Balaban J connectivity index is 1.68. The molecule has 22 heavy (non-hydrogen) atoms. The first-order valence-corrected chi connectivity index (χ1v) is 8.39. The quantitative estimate of drug-likeness (QED) is 0.756. The van der Waals surface area contributed by atoms with Gasteiger partial charge in [-0.15, -0.1) is 0 Å². The van der Waals surface area contributed by atoms with E-state index in [0.717, 1.165) is 32.1 Å². The standard InChI is InChI=1S/C18H28N2O2/c1-14(11-12-21)13-19-18(22)20-17-9-7-16(8-10-17)15-5-3-2-4-6-15/h2-6,14,16-17,21H,7-13H2,1H3,(H2,19,20,22). The van der Waals surface area contributed by atoms with E-state index in [4.69, 9.17) is 5.11 Å². The zero-order valence-electron chi connectivity index (χ0n) is 13.4. The van der Waals surface area contributed by atoms with Crippen LogP contribution in [0.3, 0.4) is 0 Å². The normalized spacial score (nSPS) is 22.8. The zero-order valence-corrected chi connectivity index (χ0v) is 13.4. The Morgan fingerprint density at radius 3 is 2.55 bits per heavy atom. The van der Waals surface area contributed by atoms with Crippen molar-refractivity contribution in [2.45, 2.75) is 51.0 Å². The molecule has 3 N–H and O–H groups in total. The smallest absolute Gasteiger partial charge is 0.315 e. The third-order valence-electron chi connectivity index (χ3n) is 4.57. The molecule has 1 atom stereocenters. The van der Waals surface area contributed by atoms with Gasteiger partial charge in [0.15, 0.2) is 0 Å². The van der Waals surface area contributed by atoms with Gasteiger partial charge in [-0.1, -0.05) is 37.3 Å². The Hall–Kier alpha value is -1.55. The molecule has 1 saturated carbocycles. The first-order chi connectivity index (χ1) is 10.7. The number of aliphatic hydroxyl groups is 1. The van der Waals surface area contributed by atoms with E-state index in [-0.39, 0.29) is 18.7 Å². The lowest BCUT2D eigenvalue weighted by atomic mass is 9.82. The number of hydrogen-bond donors (Lipinski definition) is 3. The maximum Gasteiger partial charge on any atom is 0.315 e. The van der Waals surface area contributed by atoms with Crippen molar-refractivity contribution in [3.05, 3.63) is 35.9 Å². The number of nitrogens with one attached hydrogen (secondary N) is 2. The Morgan fingerprint density at radius 1 is 1.23 bits per heavy atom. The molecular weight excluding hydrogens is 276 g/mol. The molecule has 0 aromatic heterocycles. The predicted molar refractivity (Wildman–Crippen MR) is 88.8 cm³/mol. The lowest BCUT2D eigenvalue weighted by Crippen LogP contribution is -2.44. The fraction of sp³-hybridized carbons (Fsp3) is 0.611. The summed E-state index contributed by atoms with van der Waals surface area (Å²) in [6.45, 7) is 2.82. The second-order valence-electron chi connectivity index (χ2n) is 6.43. The summed E-state index contributed by atoms with van der Waals surface area (Å²) in [7, 11) is 0. The average Bonchev–Trinajstić information content (AvgIpc) is 2.55. The maximum absolute atomic E-state index is 11.9. The lowest BCUT2D eigenvalue weighted by Gasteiger charge is -2.29. The van der Waals surface area contributed by atoms with E-state index in [9.17, 15) is 4.79 Å². The molecule has 1 aromatic carbocycles. The first kappa shape index (κ1) is 16.8. The number of amides is 2. The van der Waals surface area contributed by atoms with E-state index in [2.05, 4.69) is 41.0 Å². The van der Waals surface area contributed by atoms with Crippen molar-refractivity contribution in [2.75, 3.05) is 13.2 Å². The molecule has 2 amide bonds. The Bertz CT molecular complexity index is 442. The van der Waals surface area contributed by atoms with Crippen LogP contribution in [0.1, 0.15) is 50.5 Å². The van der Waals surface area contributed by atoms with Gasteiger partial charge in [0.1, 0.15) is 0 Å². The molecule has 0 saturated heterocycles. The molecule has 0 heterocycles. The van der Waals surface area contributed by atoms with E-state index >= 15 is 0 Å². The lowest BCUT2D eigenvalue weighted by molar-refractivity contribution is 0.225. The van der Waals surface area contributed by atoms with Gasteiger partial charge in [0.05, 0.1) is 0 Å². The third-order valence-corrected chi connectivity index (χ3v) is 4.57. The highest BCUT2D eigenvalue weighted by Gasteiger charge is 2.23. The molecule has 1 aliphatic rings. The molecule has 4 heteroatoms. The molecule has 4 nitrogen and oxygen atoms in total. The summed E-state index contributed by atoms with van der Waals surface area (Å²) in [5.74, 6) is 0.941. The summed E-state index contributed by atoms with van der Waals surface area (Å²) in [6, 6.07) is 10.9. The average molecular weight is 304 g/mol. The van der Waals surface area contributed by atoms with E-state index in [1.54, 1.807) is 0 Å². The van der Waals surface area contributed by atoms with Gasteiger partial charge in [0.25, 0.3) is 0 Å². The molecule has 0 radical (unpaired) electrons. The SMILES string of the molecule is CC(CCO)CNC(=O)NC1CCC(c2ccccc2)CC1. The van der Waals surface area contributed by atoms with Crippen LogP contribution in [-0.2, 0) is 0 Å². The van der Waals surface area contributed by atoms with Crippen molar-refractivity contribution < 1.29 is 9.90 Å². The van der Waals surface area contributed by atoms with Crippen LogP contribution in [-0.4, -0.2) is 30.3 Å². The van der Waals surface area contributed by atoms with Gasteiger partial charge in [-0.25, -0.2) is 4.79 Å². The maximum atomic E-state index is 11.9. The largest absolute Gasteiger partial charge is 0.396 e. The van der Waals surface area contributed by atoms with Crippen LogP contribution in [0.15, 0.2) is 30.3 Å². The molecule has 0 aliphatic heterocycles. The molecule has 1 fully saturated rings. The summed E-state index contributed by atoms with van der Waals surface area (Å²) in [5.41, 5.74) is 1.42. The molecule has 1 aromatic rings. The number of hydrogen-bond acceptors (Lipinski definition) is 2. The fourth-order valence-corrected chi connectivity index (χ4v) is 3.12. The number of rotatable bonds is 6. The summed E-state index contributed by atoms with van der Waals surface area (Å²) in [4.78, 5) is 11.9. The monoisotopic (exact) mass is 304 g/mol. The van der Waals surface area contributed by atoms with E-state index in [1.807, 2.05) is 6.92 Å². The van der Waals surface area contributed by atoms with Gasteiger partial charge in [-0.05, 0) is 49.5 Å². The second-order valence-corrected chi connectivity index (χ2v) is 6.43. The zero-order chi connectivity index (χ0) is 15.8. The highest BCUT2D eigenvalue weighted by molar-refractivity contribution is 5.74. The number of benzene rings is 1. The summed E-state index contributed by atoms with van der Waals surface area (Å²) in [6.07, 6.45) is 5.08. The molecule has 1 aliphatic carbocycles.